The minimum atomic E-state index is 0. The highest BCUT2D eigenvalue weighted by molar-refractivity contribution is 14.0. The van der Waals surface area contributed by atoms with Crippen molar-refractivity contribution in [1.29, 1.82) is 0 Å². The number of guanidine groups is 1. The topological polar surface area (TPSA) is 58.1 Å². The van der Waals surface area contributed by atoms with Crippen LogP contribution in [-0.4, -0.2) is 69.5 Å². The Morgan fingerprint density at radius 1 is 1.17 bits per heavy atom. The molecular formula is C23H39IN4O2. The van der Waals surface area contributed by atoms with Gasteiger partial charge in [0.15, 0.2) is 5.96 Å². The third-order valence-electron chi connectivity index (χ3n) is 5.94. The van der Waals surface area contributed by atoms with Crippen LogP contribution < -0.4 is 10.6 Å². The summed E-state index contributed by atoms with van der Waals surface area (Å²) in [5.41, 5.74) is 2.83. The average Bonchev–Trinajstić information content (AvgIpc) is 2.76. The normalized spacial score (nSPS) is 19.3. The van der Waals surface area contributed by atoms with Crippen LogP contribution in [-0.2, 0) is 16.0 Å². The number of benzene rings is 1. The van der Waals surface area contributed by atoms with E-state index in [0.29, 0.717) is 12.1 Å². The van der Waals surface area contributed by atoms with Gasteiger partial charge in [-0.2, -0.15) is 0 Å². The number of aliphatic imine (C=N–C) groups is 1. The number of aryl methyl sites for hydroxylation is 1. The standard InChI is InChI=1S/C23H38N4O2.HI/c1-19-6-3-4-7-20(19)18-27-13-8-21(9-14-27)26-23(24-2)25-12-5-15-29-22-10-16-28-17-11-22;/h3-4,6-7,21-22H,5,8-18H2,1-2H3,(H2,24,25,26);1H. The zero-order valence-corrected chi connectivity index (χ0v) is 20.9. The summed E-state index contributed by atoms with van der Waals surface area (Å²) in [6, 6.07) is 9.20. The first kappa shape index (κ1) is 25.4. The fourth-order valence-electron chi connectivity index (χ4n) is 4.02. The van der Waals surface area contributed by atoms with Crippen LogP contribution in [0.15, 0.2) is 29.3 Å². The van der Waals surface area contributed by atoms with E-state index in [1.807, 2.05) is 7.05 Å². The van der Waals surface area contributed by atoms with Gasteiger partial charge in [0.05, 0.1) is 6.10 Å². The predicted octanol–water partition coefficient (Wildman–Crippen LogP) is 3.33. The number of hydrogen-bond donors (Lipinski definition) is 2. The fourth-order valence-corrected chi connectivity index (χ4v) is 4.02. The number of nitrogens with one attached hydrogen (secondary N) is 2. The first-order valence-corrected chi connectivity index (χ1v) is 11.2. The maximum atomic E-state index is 5.93. The zero-order valence-electron chi connectivity index (χ0n) is 18.6. The number of ether oxygens (including phenoxy) is 2. The van der Waals surface area contributed by atoms with Gasteiger partial charge in [0, 0.05) is 59.1 Å². The Balaban J connectivity index is 0.00000320. The third kappa shape index (κ3) is 8.69. The van der Waals surface area contributed by atoms with E-state index in [-0.39, 0.29) is 24.0 Å². The summed E-state index contributed by atoms with van der Waals surface area (Å²) in [6.07, 6.45) is 5.73. The van der Waals surface area contributed by atoms with E-state index in [1.165, 1.54) is 11.1 Å². The second-order valence-corrected chi connectivity index (χ2v) is 8.16. The number of rotatable bonds is 8. The second kappa shape index (κ2) is 14.2. The fraction of sp³-hybridized carbons (Fsp3) is 0.696. The molecule has 0 atom stereocenters. The lowest BCUT2D eigenvalue weighted by Gasteiger charge is -2.33. The van der Waals surface area contributed by atoms with E-state index in [2.05, 4.69) is 51.7 Å². The molecule has 2 aliphatic heterocycles. The summed E-state index contributed by atoms with van der Waals surface area (Å²) in [7, 11) is 1.85. The summed E-state index contributed by atoms with van der Waals surface area (Å²) in [5.74, 6) is 0.911. The van der Waals surface area contributed by atoms with Gasteiger partial charge in [-0.3, -0.25) is 9.89 Å². The monoisotopic (exact) mass is 530 g/mol. The molecule has 30 heavy (non-hydrogen) atoms. The summed E-state index contributed by atoms with van der Waals surface area (Å²) in [6.45, 7) is 8.87. The lowest BCUT2D eigenvalue weighted by Crippen LogP contribution is -2.48. The first-order chi connectivity index (χ1) is 14.2. The van der Waals surface area contributed by atoms with Crippen LogP contribution in [0.5, 0.6) is 0 Å². The molecule has 0 saturated carbocycles. The molecule has 0 amide bonds. The van der Waals surface area contributed by atoms with Crippen LogP contribution in [0.3, 0.4) is 0 Å². The Morgan fingerprint density at radius 2 is 1.90 bits per heavy atom. The summed E-state index contributed by atoms with van der Waals surface area (Å²) < 4.78 is 11.3. The Morgan fingerprint density at radius 3 is 2.60 bits per heavy atom. The minimum absolute atomic E-state index is 0. The van der Waals surface area contributed by atoms with Gasteiger partial charge in [-0.05, 0) is 50.2 Å². The van der Waals surface area contributed by atoms with Crippen molar-refractivity contribution in [3.05, 3.63) is 35.4 Å². The van der Waals surface area contributed by atoms with Crippen molar-refractivity contribution >= 4 is 29.9 Å². The van der Waals surface area contributed by atoms with Gasteiger partial charge in [0.1, 0.15) is 0 Å². The second-order valence-electron chi connectivity index (χ2n) is 8.16. The van der Waals surface area contributed by atoms with E-state index in [4.69, 9.17) is 9.47 Å². The quantitative estimate of drug-likeness (QED) is 0.234. The zero-order chi connectivity index (χ0) is 20.3. The molecule has 170 valence electrons. The number of nitrogens with zero attached hydrogens (tertiary/aromatic N) is 2. The van der Waals surface area contributed by atoms with Crippen LogP contribution >= 0.6 is 24.0 Å². The van der Waals surface area contributed by atoms with Crippen molar-refractivity contribution in [3.8, 4) is 0 Å². The molecule has 0 aromatic heterocycles. The Hall–Kier alpha value is -0.900. The van der Waals surface area contributed by atoms with Gasteiger partial charge in [-0.25, -0.2) is 0 Å². The van der Waals surface area contributed by atoms with Gasteiger partial charge in [0.2, 0.25) is 0 Å². The van der Waals surface area contributed by atoms with Gasteiger partial charge in [-0.1, -0.05) is 24.3 Å². The largest absolute Gasteiger partial charge is 0.381 e. The Bertz CT molecular complexity index is 629. The molecule has 7 heteroatoms. The molecule has 0 bridgehead atoms. The maximum absolute atomic E-state index is 5.93. The predicted molar refractivity (Wildman–Crippen MR) is 134 cm³/mol. The van der Waals surface area contributed by atoms with E-state index >= 15 is 0 Å². The number of halogens is 1. The molecule has 0 spiro atoms. The first-order valence-electron chi connectivity index (χ1n) is 11.2. The van der Waals surface area contributed by atoms with Crippen LogP contribution in [0.4, 0.5) is 0 Å². The highest BCUT2D eigenvalue weighted by atomic mass is 127. The SMILES string of the molecule is CN=C(NCCCOC1CCOCC1)NC1CCN(Cc2ccccc2C)CC1.I. The van der Waals surface area contributed by atoms with Gasteiger partial charge in [0.25, 0.3) is 0 Å². The van der Waals surface area contributed by atoms with E-state index in [0.717, 1.165) is 84.1 Å². The maximum Gasteiger partial charge on any atom is 0.191 e. The summed E-state index contributed by atoms with van der Waals surface area (Å²) in [4.78, 5) is 6.95. The average molecular weight is 530 g/mol. The molecule has 0 unspecified atom stereocenters. The molecule has 2 fully saturated rings. The Kier molecular flexibility index (Phi) is 12.0. The molecular weight excluding hydrogens is 491 g/mol. The molecule has 2 N–H and O–H groups in total. The van der Waals surface area contributed by atoms with Crippen molar-refractivity contribution in [2.75, 3.05) is 46.5 Å². The smallest absolute Gasteiger partial charge is 0.191 e. The van der Waals surface area contributed by atoms with Crippen molar-refractivity contribution in [2.45, 2.75) is 57.7 Å². The Labute approximate surface area is 199 Å². The number of hydrogen-bond acceptors (Lipinski definition) is 4. The highest BCUT2D eigenvalue weighted by Crippen LogP contribution is 2.16. The van der Waals surface area contributed by atoms with Gasteiger partial charge < -0.3 is 20.1 Å². The van der Waals surface area contributed by atoms with Crippen molar-refractivity contribution in [2.24, 2.45) is 4.99 Å². The molecule has 3 rings (SSSR count). The number of piperidine rings is 1. The minimum Gasteiger partial charge on any atom is -0.381 e. The molecule has 2 heterocycles. The van der Waals surface area contributed by atoms with Crippen LogP contribution in [0.25, 0.3) is 0 Å². The summed E-state index contributed by atoms with van der Waals surface area (Å²) >= 11 is 0. The van der Waals surface area contributed by atoms with Crippen molar-refractivity contribution in [1.82, 2.24) is 15.5 Å². The lowest BCUT2D eigenvalue weighted by molar-refractivity contribution is -0.0320. The highest BCUT2D eigenvalue weighted by Gasteiger charge is 2.20. The third-order valence-corrected chi connectivity index (χ3v) is 5.94. The molecule has 1 aromatic carbocycles. The van der Waals surface area contributed by atoms with E-state index < -0.39 is 0 Å². The molecule has 0 radical (unpaired) electrons. The molecule has 2 saturated heterocycles. The van der Waals surface area contributed by atoms with Crippen LogP contribution in [0.1, 0.15) is 43.2 Å². The van der Waals surface area contributed by atoms with Crippen molar-refractivity contribution in [3.63, 3.8) is 0 Å². The van der Waals surface area contributed by atoms with Crippen LogP contribution in [0, 0.1) is 6.92 Å². The molecule has 1 aromatic rings. The van der Waals surface area contributed by atoms with Gasteiger partial charge >= 0.3 is 0 Å². The molecule has 0 aliphatic carbocycles. The molecule has 2 aliphatic rings. The summed E-state index contributed by atoms with van der Waals surface area (Å²) in [5, 5.41) is 7.03. The molecule has 6 nitrogen and oxygen atoms in total. The van der Waals surface area contributed by atoms with Gasteiger partial charge in [-0.15, -0.1) is 24.0 Å². The lowest BCUT2D eigenvalue weighted by atomic mass is 10.0. The number of likely N-dealkylation sites (tertiary alicyclic amines) is 1. The van der Waals surface area contributed by atoms with Crippen LogP contribution in [0.2, 0.25) is 0 Å². The van der Waals surface area contributed by atoms with E-state index in [9.17, 15) is 0 Å². The van der Waals surface area contributed by atoms with E-state index in [1.54, 1.807) is 0 Å². The van der Waals surface area contributed by atoms with Crippen molar-refractivity contribution < 1.29 is 9.47 Å².